The van der Waals surface area contributed by atoms with Crippen LogP contribution >= 0.6 is 0 Å². The number of benzene rings is 2. The Morgan fingerprint density at radius 3 is 2.65 bits per heavy atom. The van der Waals surface area contributed by atoms with E-state index in [-0.39, 0.29) is 0 Å². The number of nitriles is 1. The average molecular weight is 301 g/mol. The molecule has 1 heterocycles. The third-order valence-corrected chi connectivity index (χ3v) is 3.48. The first-order valence-corrected chi connectivity index (χ1v) is 7.16. The third kappa shape index (κ3) is 3.30. The second kappa shape index (κ2) is 6.63. The van der Waals surface area contributed by atoms with Crippen molar-refractivity contribution in [2.45, 2.75) is 0 Å². The van der Waals surface area contributed by atoms with Gasteiger partial charge in [-0.3, -0.25) is 4.98 Å². The van der Waals surface area contributed by atoms with Crippen LogP contribution in [-0.2, 0) is 0 Å². The summed E-state index contributed by atoms with van der Waals surface area (Å²) in [5.41, 5.74) is 4.16. The van der Waals surface area contributed by atoms with Crippen molar-refractivity contribution < 1.29 is 4.74 Å². The molecule has 0 fully saturated rings. The first-order chi connectivity index (χ1) is 11.3. The molecule has 0 atom stereocenters. The lowest BCUT2D eigenvalue weighted by Crippen LogP contribution is -1.94. The first-order valence-electron chi connectivity index (χ1n) is 7.16. The van der Waals surface area contributed by atoms with Crippen LogP contribution in [0.15, 0.2) is 67.0 Å². The van der Waals surface area contributed by atoms with Crippen molar-refractivity contribution in [1.82, 2.24) is 4.98 Å². The van der Waals surface area contributed by atoms with E-state index in [0.717, 1.165) is 28.3 Å². The number of nitrogens with zero attached hydrogens (tertiary/aromatic N) is 2. The van der Waals surface area contributed by atoms with Crippen LogP contribution in [0.4, 0.5) is 11.4 Å². The lowest BCUT2D eigenvalue weighted by molar-refractivity contribution is 0.415. The van der Waals surface area contributed by atoms with Gasteiger partial charge >= 0.3 is 0 Å². The molecule has 0 aliphatic heterocycles. The van der Waals surface area contributed by atoms with Gasteiger partial charge < -0.3 is 10.1 Å². The van der Waals surface area contributed by atoms with E-state index < -0.39 is 0 Å². The molecular weight excluding hydrogens is 286 g/mol. The van der Waals surface area contributed by atoms with Crippen LogP contribution in [0.2, 0.25) is 0 Å². The topological polar surface area (TPSA) is 57.9 Å². The van der Waals surface area contributed by atoms with E-state index >= 15 is 0 Å². The Morgan fingerprint density at radius 1 is 1.04 bits per heavy atom. The van der Waals surface area contributed by atoms with Crippen LogP contribution < -0.4 is 10.1 Å². The Bertz CT molecular complexity index is 854. The van der Waals surface area contributed by atoms with Crippen LogP contribution in [0.1, 0.15) is 5.56 Å². The molecule has 1 N–H and O–H groups in total. The first kappa shape index (κ1) is 14.6. The molecule has 4 heteroatoms. The van der Waals surface area contributed by atoms with Crippen molar-refractivity contribution in [3.05, 3.63) is 72.6 Å². The number of anilines is 2. The lowest BCUT2D eigenvalue weighted by atomic mass is 10.0. The van der Waals surface area contributed by atoms with E-state index in [1.165, 1.54) is 0 Å². The van der Waals surface area contributed by atoms with E-state index in [9.17, 15) is 5.26 Å². The largest absolute Gasteiger partial charge is 0.497 e. The van der Waals surface area contributed by atoms with Crippen molar-refractivity contribution in [2.24, 2.45) is 0 Å². The number of methoxy groups -OCH3 is 1. The highest BCUT2D eigenvalue weighted by molar-refractivity contribution is 5.74. The van der Waals surface area contributed by atoms with Gasteiger partial charge in [-0.25, -0.2) is 0 Å². The number of hydrogen-bond acceptors (Lipinski definition) is 4. The molecule has 4 nitrogen and oxygen atoms in total. The predicted molar refractivity (Wildman–Crippen MR) is 90.7 cm³/mol. The number of hydrogen-bond donors (Lipinski definition) is 1. The number of nitrogens with one attached hydrogen (secondary N) is 1. The summed E-state index contributed by atoms with van der Waals surface area (Å²) in [7, 11) is 1.64. The normalized spacial score (nSPS) is 9.91. The summed E-state index contributed by atoms with van der Waals surface area (Å²) in [6.45, 7) is 0. The SMILES string of the molecule is COc1cccc(-c2ccc(Nc3cccnc3)c(C#N)c2)c1. The molecule has 0 unspecified atom stereocenters. The molecule has 0 amide bonds. The van der Waals surface area contributed by atoms with Gasteiger partial charge in [0.2, 0.25) is 0 Å². The molecule has 0 spiro atoms. The van der Waals surface area contributed by atoms with Gasteiger partial charge in [0.15, 0.2) is 0 Å². The maximum absolute atomic E-state index is 9.44. The van der Waals surface area contributed by atoms with Gasteiger partial charge in [-0.05, 0) is 47.5 Å². The second-order valence-corrected chi connectivity index (χ2v) is 4.97. The van der Waals surface area contributed by atoms with E-state index in [2.05, 4.69) is 16.4 Å². The van der Waals surface area contributed by atoms with Gasteiger partial charge in [0, 0.05) is 6.20 Å². The molecule has 0 radical (unpaired) electrons. The van der Waals surface area contributed by atoms with Crippen molar-refractivity contribution in [3.63, 3.8) is 0 Å². The lowest BCUT2D eigenvalue weighted by Gasteiger charge is -2.10. The van der Waals surface area contributed by atoms with E-state index in [4.69, 9.17) is 4.74 Å². The van der Waals surface area contributed by atoms with Crippen molar-refractivity contribution in [1.29, 1.82) is 5.26 Å². The zero-order chi connectivity index (χ0) is 16.1. The van der Waals surface area contributed by atoms with Crippen LogP contribution in [-0.4, -0.2) is 12.1 Å². The van der Waals surface area contributed by atoms with E-state index in [0.29, 0.717) is 5.56 Å². The predicted octanol–water partition coefficient (Wildman–Crippen LogP) is 4.37. The average Bonchev–Trinajstić information content (AvgIpc) is 2.63. The minimum atomic E-state index is 0.578. The van der Waals surface area contributed by atoms with Crippen LogP contribution in [0.5, 0.6) is 5.75 Å². The third-order valence-electron chi connectivity index (χ3n) is 3.48. The second-order valence-electron chi connectivity index (χ2n) is 4.97. The summed E-state index contributed by atoms with van der Waals surface area (Å²) in [4.78, 5) is 4.06. The smallest absolute Gasteiger partial charge is 0.119 e. The molecule has 0 bridgehead atoms. The minimum Gasteiger partial charge on any atom is -0.497 e. The molecule has 0 aliphatic rings. The van der Waals surface area contributed by atoms with E-state index in [1.54, 1.807) is 19.5 Å². The molecule has 0 saturated heterocycles. The highest BCUT2D eigenvalue weighted by Gasteiger charge is 2.06. The molecule has 3 rings (SSSR count). The van der Waals surface area contributed by atoms with Crippen molar-refractivity contribution in [3.8, 4) is 22.9 Å². The van der Waals surface area contributed by atoms with E-state index in [1.807, 2.05) is 54.6 Å². The minimum absolute atomic E-state index is 0.578. The molecule has 1 aromatic heterocycles. The summed E-state index contributed by atoms with van der Waals surface area (Å²) >= 11 is 0. The van der Waals surface area contributed by atoms with Crippen molar-refractivity contribution >= 4 is 11.4 Å². The maximum Gasteiger partial charge on any atom is 0.119 e. The zero-order valence-corrected chi connectivity index (χ0v) is 12.7. The Hall–Kier alpha value is -3.32. The quantitative estimate of drug-likeness (QED) is 0.777. The fourth-order valence-electron chi connectivity index (χ4n) is 2.32. The Balaban J connectivity index is 1.95. The molecule has 112 valence electrons. The van der Waals surface area contributed by atoms with Gasteiger partial charge in [0.25, 0.3) is 0 Å². The molecule has 2 aromatic carbocycles. The number of pyridine rings is 1. The van der Waals surface area contributed by atoms with Crippen molar-refractivity contribution in [2.75, 3.05) is 12.4 Å². The summed E-state index contributed by atoms with van der Waals surface area (Å²) in [6, 6.07) is 19.5. The van der Waals surface area contributed by atoms with Gasteiger partial charge in [-0.15, -0.1) is 0 Å². The molecule has 0 saturated carbocycles. The summed E-state index contributed by atoms with van der Waals surface area (Å²) in [5.74, 6) is 0.790. The summed E-state index contributed by atoms with van der Waals surface area (Å²) in [5, 5.41) is 12.7. The Kier molecular flexibility index (Phi) is 4.21. The van der Waals surface area contributed by atoms with Gasteiger partial charge in [0.1, 0.15) is 11.8 Å². The Labute approximate surface area is 135 Å². The van der Waals surface area contributed by atoms with Gasteiger partial charge in [-0.1, -0.05) is 18.2 Å². The fourth-order valence-corrected chi connectivity index (χ4v) is 2.32. The molecular formula is C19H15N3O. The number of ether oxygens (including phenoxy) is 1. The monoisotopic (exact) mass is 301 g/mol. The maximum atomic E-state index is 9.44. The molecule has 3 aromatic rings. The zero-order valence-electron chi connectivity index (χ0n) is 12.7. The Morgan fingerprint density at radius 2 is 1.91 bits per heavy atom. The summed E-state index contributed by atoms with van der Waals surface area (Å²) in [6.07, 6.45) is 3.43. The highest BCUT2D eigenvalue weighted by Crippen LogP contribution is 2.28. The summed E-state index contributed by atoms with van der Waals surface area (Å²) < 4.78 is 5.25. The van der Waals surface area contributed by atoms with Crippen LogP contribution in [0.3, 0.4) is 0 Å². The van der Waals surface area contributed by atoms with Gasteiger partial charge in [-0.2, -0.15) is 5.26 Å². The number of aromatic nitrogens is 1. The van der Waals surface area contributed by atoms with Gasteiger partial charge in [0.05, 0.1) is 30.2 Å². The number of rotatable bonds is 4. The highest BCUT2D eigenvalue weighted by atomic mass is 16.5. The van der Waals surface area contributed by atoms with Crippen LogP contribution in [0, 0.1) is 11.3 Å². The molecule has 23 heavy (non-hydrogen) atoms. The van der Waals surface area contributed by atoms with Crippen LogP contribution in [0.25, 0.3) is 11.1 Å². The fraction of sp³-hybridized carbons (Fsp3) is 0.0526. The molecule has 0 aliphatic carbocycles. The standard InChI is InChI=1S/C19H15N3O/c1-23-18-6-2-4-14(11-18)15-7-8-19(16(10-15)12-20)22-17-5-3-9-21-13-17/h2-11,13,22H,1H3.